The lowest BCUT2D eigenvalue weighted by Gasteiger charge is -2.22. The second kappa shape index (κ2) is 13.0. The number of benzene rings is 2. The Morgan fingerprint density at radius 2 is 1.84 bits per heavy atom. The molecule has 1 aliphatic rings. The fraction of sp³-hybridized carbons (Fsp3) is 0.357. The van der Waals surface area contributed by atoms with Gasteiger partial charge in [0.15, 0.2) is 29.1 Å². The Hall–Kier alpha value is -4.82. The minimum Gasteiger partial charge on any atom is -0.489 e. The van der Waals surface area contributed by atoms with Gasteiger partial charge in [-0.1, -0.05) is 6.07 Å². The summed E-state index contributed by atoms with van der Waals surface area (Å²) in [7, 11) is 2.74. The Morgan fingerprint density at radius 1 is 1.12 bits per heavy atom. The zero-order chi connectivity index (χ0) is 31.4. The van der Waals surface area contributed by atoms with Crippen molar-refractivity contribution < 1.29 is 50.6 Å². The second-order valence-electron chi connectivity index (χ2n) is 9.91. The molecule has 2 atom stereocenters. The van der Waals surface area contributed by atoms with Crippen molar-refractivity contribution in [1.82, 2.24) is 15.2 Å². The van der Waals surface area contributed by atoms with Crippen molar-refractivity contribution in [2.24, 2.45) is 11.7 Å². The lowest BCUT2D eigenvalue weighted by atomic mass is 10.0. The van der Waals surface area contributed by atoms with Gasteiger partial charge < -0.3 is 34.6 Å². The topological polar surface area (TPSA) is 146 Å². The molecule has 4 rings (SSSR count). The molecule has 1 fully saturated rings. The summed E-state index contributed by atoms with van der Waals surface area (Å²) >= 11 is 0. The van der Waals surface area contributed by atoms with E-state index in [0.29, 0.717) is 6.07 Å². The SMILES string of the molecule is C[C@H](OC(N)=O)c1oc(-c2ccc(OC(F)F)c(OCC3CC3)c2)nc1C(=O)NC(C(=O)N(C)C)c1ccc(F)cc1F. The number of carbonyl (C=O) groups excluding carboxylic acids is 3. The summed E-state index contributed by atoms with van der Waals surface area (Å²) in [6.07, 6.45) is -0.598. The van der Waals surface area contributed by atoms with Crippen LogP contribution in [0.15, 0.2) is 40.8 Å². The van der Waals surface area contributed by atoms with Crippen molar-refractivity contribution in [2.45, 2.75) is 38.5 Å². The molecular weight excluding hydrogens is 580 g/mol. The third-order valence-electron chi connectivity index (χ3n) is 6.35. The molecule has 2 aromatic carbocycles. The molecule has 0 aliphatic heterocycles. The molecular formula is C28H28F4N4O7. The summed E-state index contributed by atoms with van der Waals surface area (Å²) < 4.78 is 75.2. The molecule has 1 saturated carbocycles. The van der Waals surface area contributed by atoms with E-state index in [4.69, 9.17) is 19.6 Å². The van der Waals surface area contributed by atoms with Crippen LogP contribution in [0.5, 0.6) is 11.5 Å². The van der Waals surface area contributed by atoms with Gasteiger partial charge in [0.05, 0.1) is 6.61 Å². The number of oxazole rings is 1. The van der Waals surface area contributed by atoms with Crippen LogP contribution in [0, 0.1) is 17.6 Å². The van der Waals surface area contributed by atoms with E-state index >= 15 is 0 Å². The lowest BCUT2D eigenvalue weighted by Crippen LogP contribution is -2.40. The molecule has 3 aromatic rings. The molecule has 15 heteroatoms. The van der Waals surface area contributed by atoms with Crippen LogP contribution in [-0.4, -0.2) is 55.1 Å². The van der Waals surface area contributed by atoms with Crippen LogP contribution in [0.2, 0.25) is 0 Å². The van der Waals surface area contributed by atoms with E-state index < -0.39 is 54.0 Å². The maximum absolute atomic E-state index is 14.7. The highest BCUT2D eigenvalue weighted by Crippen LogP contribution is 2.37. The van der Waals surface area contributed by atoms with Gasteiger partial charge in [0.2, 0.25) is 11.8 Å². The van der Waals surface area contributed by atoms with E-state index in [0.717, 1.165) is 29.9 Å². The van der Waals surface area contributed by atoms with Crippen molar-refractivity contribution in [1.29, 1.82) is 0 Å². The van der Waals surface area contributed by atoms with Crippen molar-refractivity contribution >= 4 is 17.9 Å². The number of carbonyl (C=O) groups is 3. The number of rotatable bonds is 12. The average molecular weight is 609 g/mol. The standard InChI is InChI=1S/C28H28F4N4O7/c1-13(41-28(33)39)23-22(24(37)34-21(26(38)36(2)3)17-8-7-16(29)11-18(17)30)35-25(43-23)15-6-9-19(42-27(31)32)20(10-15)40-12-14-4-5-14/h6-11,13-14,21,27H,4-5,12H2,1-3H3,(H2,33,39)(H,34,37)/t13-,21?/m0/s1. The van der Waals surface area contributed by atoms with Gasteiger partial charge in [-0.05, 0) is 49.9 Å². The van der Waals surface area contributed by atoms with Crippen molar-refractivity contribution in [3.05, 3.63) is 65.1 Å². The van der Waals surface area contributed by atoms with Crippen LogP contribution in [0.3, 0.4) is 0 Å². The van der Waals surface area contributed by atoms with E-state index in [2.05, 4.69) is 15.0 Å². The number of primary amides is 1. The summed E-state index contributed by atoms with van der Waals surface area (Å²) in [5.74, 6) is -4.27. The first-order valence-electron chi connectivity index (χ1n) is 13.0. The van der Waals surface area contributed by atoms with Gasteiger partial charge in [0.25, 0.3) is 5.91 Å². The number of aromatic nitrogens is 1. The molecule has 0 radical (unpaired) electrons. The van der Waals surface area contributed by atoms with E-state index in [1.165, 1.54) is 39.2 Å². The van der Waals surface area contributed by atoms with Gasteiger partial charge in [-0.15, -0.1) is 0 Å². The first-order valence-corrected chi connectivity index (χ1v) is 13.0. The van der Waals surface area contributed by atoms with E-state index in [-0.39, 0.29) is 46.8 Å². The molecule has 3 amide bonds. The third-order valence-corrected chi connectivity index (χ3v) is 6.35. The number of nitrogens with one attached hydrogen (secondary N) is 1. The predicted octanol–water partition coefficient (Wildman–Crippen LogP) is 4.73. The molecule has 1 aliphatic carbocycles. The highest BCUT2D eigenvalue weighted by Gasteiger charge is 2.33. The van der Waals surface area contributed by atoms with Crippen molar-refractivity contribution in [3.63, 3.8) is 0 Å². The largest absolute Gasteiger partial charge is 0.489 e. The maximum Gasteiger partial charge on any atom is 0.405 e. The average Bonchev–Trinajstić information content (AvgIpc) is 3.65. The maximum atomic E-state index is 14.7. The van der Waals surface area contributed by atoms with E-state index in [1.807, 2.05) is 0 Å². The molecule has 11 nitrogen and oxygen atoms in total. The fourth-order valence-electron chi connectivity index (χ4n) is 4.03. The van der Waals surface area contributed by atoms with Crippen LogP contribution in [0.4, 0.5) is 22.4 Å². The van der Waals surface area contributed by atoms with Gasteiger partial charge in [0.1, 0.15) is 17.7 Å². The zero-order valence-corrected chi connectivity index (χ0v) is 23.2. The van der Waals surface area contributed by atoms with Crippen molar-refractivity contribution in [2.75, 3.05) is 20.7 Å². The molecule has 3 N–H and O–H groups in total. The number of hydrogen-bond acceptors (Lipinski definition) is 8. The summed E-state index contributed by atoms with van der Waals surface area (Å²) in [5, 5.41) is 2.37. The number of nitrogens with zero attached hydrogens (tertiary/aromatic N) is 2. The number of hydrogen-bond donors (Lipinski definition) is 2. The molecule has 0 bridgehead atoms. The summed E-state index contributed by atoms with van der Waals surface area (Å²) in [6, 6.07) is 4.74. The Bertz CT molecular complexity index is 1510. The van der Waals surface area contributed by atoms with E-state index in [9.17, 15) is 31.9 Å². The minimum atomic E-state index is -3.12. The van der Waals surface area contributed by atoms with Crippen LogP contribution < -0.4 is 20.5 Å². The molecule has 0 saturated heterocycles. The predicted molar refractivity (Wildman–Crippen MR) is 141 cm³/mol. The zero-order valence-electron chi connectivity index (χ0n) is 23.2. The second-order valence-corrected chi connectivity index (χ2v) is 9.91. The Balaban J connectivity index is 1.73. The Labute approximate surface area is 242 Å². The fourth-order valence-corrected chi connectivity index (χ4v) is 4.03. The van der Waals surface area contributed by atoms with Gasteiger partial charge in [-0.25, -0.2) is 18.6 Å². The molecule has 230 valence electrons. The quantitative estimate of drug-likeness (QED) is 0.281. The Morgan fingerprint density at radius 3 is 2.44 bits per heavy atom. The smallest absolute Gasteiger partial charge is 0.405 e. The van der Waals surface area contributed by atoms with E-state index in [1.54, 1.807) is 0 Å². The minimum absolute atomic E-state index is 0.0275. The Kier molecular flexibility index (Phi) is 9.41. The van der Waals surface area contributed by atoms with Crippen LogP contribution in [-0.2, 0) is 9.53 Å². The first-order chi connectivity index (χ1) is 20.3. The molecule has 1 aromatic heterocycles. The number of nitrogens with two attached hydrogens (primary N) is 1. The number of alkyl halides is 2. The number of likely N-dealkylation sites (N-methyl/N-ethyl adjacent to an activating group) is 1. The van der Waals surface area contributed by atoms with Crippen LogP contribution in [0.1, 0.15) is 53.7 Å². The van der Waals surface area contributed by atoms with Gasteiger partial charge in [-0.2, -0.15) is 8.78 Å². The lowest BCUT2D eigenvalue weighted by molar-refractivity contribution is -0.130. The number of halogens is 4. The third kappa shape index (κ3) is 7.72. The van der Waals surface area contributed by atoms with Crippen LogP contribution >= 0.6 is 0 Å². The number of ether oxygens (including phenoxy) is 3. The first kappa shape index (κ1) is 31.1. The highest BCUT2D eigenvalue weighted by atomic mass is 19.3. The molecule has 1 heterocycles. The molecule has 0 spiro atoms. The monoisotopic (exact) mass is 608 g/mol. The normalized spacial score (nSPS) is 14.1. The van der Waals surface area contributed by atoms with Crippen molar-refractivity contribution in [3.8, 4) is 23.0 Å². The van der Waals surface area contributed by atoms with Gasteiger partial charge in [-0.3, -0.25) is 9.59 Å². The van der Waals surface area contributed by atoms with Gasteiger partial charge >= 0.3 is 12.7 Å². The molecule has 1 unspecified atom stereocenters. The van der Waals surface area contributed by atoms with Crippen LogP contribution in [0.25, 0.3) is 11.5 Å². The molecule has 43 heavy (non-hydrogen) atoms. The number of amides is 3. The van der Waals surface area contributed by atoms with Gasteiger partial charge in [0, 0.05) is 31.3 Å². The summed E-state index contributed by atoms with van der Waals surface area (Å²) in [4.78, 5) is 43.2. The summed E-state index contributed by atoms with van der Waals surface area (Å²) in [5.41, 5.74) is 4.52. The highest BCUT2D eigenvalue weighted by molar-refractivity contribution is 5.97. The summed E-state index contributed by atoms with van der Waals surface area (Å²) in [6.45, 7) is -1.52.